The van der Waals surface area contributed by atoms with Crippen molar-refractivity contribution in [2.75, 3.05) is 0 Å². The van der Waals surface area contributed by atoms with Crippen LogP contribution in [0.1, 0.15) is 36.8 Å². The molecular formula is C22H25NO4. The maximum absolute atomic E-state index is 11.3. The number of aryl methyl sites for hydroxylation is 1. The van der Waals surface area contributed by atoms with Gasteiger partial charge in [0.25, 0.3) is 0 Å². The molecule has 2 aromatic carbocycles. The molecule has 0 aliphatic heterocycles. The number of oxazole rings is 1. The van der Waals surface area contributed by atoms with Crippen molar-refractivity contribution in [3.8, 4) is 11.6 Å². The van der Waals surface area contributed by atoms with Crippen molar-refractivity contribution < 1.29 is 14.3 Å². The van der Waals surface area contributed by atoms with Crippen LogP contribution in [0.3, 0.4) is 0 Å². The molecule has 0 spiro atoms. The van der Waals surface area contributed by atoms with Crippen LogP contribution < -0.4 is 10.5 Å². The standard InChI is InChI=1S/C22H25NO4/c24-21-17-27-22(25)23(21)15-7-2-1-4-8-18-11-13-20(14-12-18)26-16-19-9-5-3-6-10-19/h3,5-6,9-14,17,24H,1-2,4,7-8,15-16H2. The van der Waals surface area contributed by atoms with Gasteiger partial charge in [0.1, 0.15) is 12.4 Å². The fraction of sp³-hybridized carbons (Fsp3) is 0.318. The van der Waals surface area contributed by atoms with E-state index in [1.165, 1.54) is 10.1 Å². The SMILES string of the molecule is O=c1occ(O)n1CCCCCCc1ccc(OCc2ccccc2)cc1. The number of aromatic hydroxyl groups is 1. The molecule has 1 heterocycles. The van der Waals surface area contributed by atoms with Crippen LogP contribution in [0.4, 0.5) is 0 Å². The van der Waals surface area contributed by atoms with Crippen molar-refractivity contribution in [1.29, 1.82) is 0 Å². The summed E-state index contributed by atoms with van der Waals surface area (Å²) in [6, 6.07) is 18.4. The highest BCUT2D eigenvalue weighted by Gasteiger charge is 2.05. The minimum atomic E-state index is -0.498. The molecule has 0 saturated carbocycles. The monoisotopic (exact) mass is 367 g/mol. The van der Waals surface area contributed by atoms with Gasteiger partial charge >= 0.3 is 5.76 Å². The molecule has 0 atom stereocenters. The molecule has 0 unspecified atom stereocenters. The Balaban J connectivity index is 1.32. The molecule has 142 valence electrons. The predicted molar refractivity (Wildman–Crippen MR) is 104 cm³/mol. The fourth-order valence-electron chi connectivity index (χ4n) is 2.98. The minimum Gasteiger partial charge on any atom is -0.492 e. The average molecular weight is 367 g/mol. The molecule has 3 aromatic rings. The molecule has 0 radical (unpaired) electrons. The van der Waals surface area contributed by atoms with Crippen LogP contribution in [0.25, 0.3) is 0 Å². The van der Waals surface area contributed by atoms with Crippen LogP contribution in [-0.2, 0) is 19.6 Å². The van der Waals surface area contributed by atoms with Crippen molar-refractivity contribution in [3.63, 3.8) is 0 Å². The number of hydrogen-bond acceptors (Lipinski definition) is 4. The van der Waals surface area contributed by atoms with E-state index >= 15 is 0 Å². The van der Waals surface area contributed by atoms with Crippen LogP contribution in [0, 0.1) is 0 Å². The summed E-state index contributed by atoms with van der Waals surface area (Å²) in [5, 5.41) is 9.47. The fourth-order valence-corrected chi connectivity index (χ4v) is 2.98. The minimum absolute atomic E-state index is 0.102. The second-order valence-corrected chi connectivity index (χ2v) is 6.59. The Bertz CT molecular complexity index is 865. The normalized spacial score (nSPS) is 10.8. The Kier molecular flexibility index (Phi) is 6.74. The van der Waals surface area contributed by atoms with Gasteiger partial charge in [-0.1, -0.05) is 55.3 Å². The predicted octanol–water partition coefficient (Wildman–Crippen LogP) is 4.53. The lowest BCUT2D eigenvalue weighted by atomic mass is 10.1. The van der Waals surface area contributed by atoms with Gasteiger partial charge in [0.05, 0.1) is 0 Å². The maximum Gasteiger partial charge on any atom is 0.421 e. The van der Waals surface area contributed by atoms with Crippen molar-refractivity contribution in [3.05, 3.63) is 82.5 Å². The lowest BCUT2D eigenvalue weighted by molar-refractivity contribution is 0.306. The highest BCUT2D eigenvalue weighted by Crippen LogP contribution is 2.16. The van der Waals surface area contributed by atoms with Crippen LogP contribution >= 0.6 is 0 Å². The molecule has 5 heteroatoms. The second-order valence-electron chi connectivity index (χ2n) is 6.59. The summed E-state index contributed by atoms with van der Waals surface area (Å²) in [5.41, 5.74) is 2.46. The van der Waals surface area contributed by atoms with E-state index in [0.717, 1.165) is 49.7 Å². The third-order valence-corrected chi connectivity index (χ3v) is 4.53. The molecule has 5 nitrogen and oxygen atoms in total. The van der Waals surface area contributed by atoms with E-state index in [1.54, 1.807) is 0 Å². The third-order valence-electron chi connectivity index (χ3n) is 4.53. The van der Waals surface area contributed by atoms with E-state index in [2.05, 4.69) is 28.7 Å². The smallest absolute Gasteiger partial charge is 0.421 e. The Morgan fingerprint density at radius 1 is 0.889 bits per heavy atom. The highest BCUT2D eigenvalue weighted by molar-refractivity contribution is 5.27. The zero-order chi connectivity index (χ0) is 18.9. The Morgan fingerprint density at radius 3 is 2.33 bits per heavy atom. The first-order chi connectivity index (χ1) is 13.2. The summed E-state index contributed by atoms with van der Waals surface area (Å²) in [7, 11) is 0. The van der Waals surface area contributed by atoms with Crippen molar-refractivity contribution in [1.82, 2.24) is 4.57 Å². The first kappa shape index (κ1) is 18.8. The molecule has 0 bridgehead atoms. The van der Waals surface area contributed by atoms with Crippen molar-refractivity contribution in [2.45, 2.75) is 45.3 Å². The first-order valence-corrected chi connectivity index (χ1v) is 9.35. The number of aromatic nitrogens is 1. The van der Waals surface area contributed by atoms with E-state index in [1.807, 2.05) is 30.3 Å². The summed E-state index contributed by atoms with van der Waals surface area (Å²) in [5.74, 6) is 0.282. The molecule has 1 aromatic heterocycles. The third kappa shape index (κ3) is 5.78. The zero-order valence-electron chi connectivity index (χ0n) is 15.3. The molecule has 0 aliphatic carbocycles. The lowest BCUT2D eigenvalue weighted by Gasteiger charge is -2.07. The van der Waals surface area contributed by atoms with Gasteiger partial charge in [0.2, 0.25) is 5.88 Å². The molecule has 0 fully saturated rings. The summed E-state index contributed by atoms with van der Waals surface area (Å²) in [4.78, 5) is 11.3. The number of ether oxygens (including phenoxy) is 1. The van der Waals surface area contributed by atoms with Gasteiger partial charge in [-0.3, -0.25) is 0 Å². The van der Waals surface area contributed by atoms with Gasteiger partial charge in [-0.15, -0.1) is 0 Å². The van der Waals surface area contributed by atoms with E-state index in [4.69, 9.17) is 4.74 Å². The largest absolute Gasteiger partial charge is 0.492 e. The maximum atomic E-state index is 11.3. The number of hydrogen-bond donors (Lipinski definition) is 1. The molecular weight excluding hydrogens is 342 g/mol. The Morgan fingerprint density at radius 2 is 1.63 bits per heavy atom. The molecule has 0 saturated heterocycles. The van der Waals surface area contributed by atoms with Gasteiger partial charge in [-0.25, -0.2) is 9.36 Å². The van der Waals surface area contributed by atoms with Crippen LogP contribution in [0.15, 0.2) is 70.1 Å². The summed E-state index contributed by atoms with van der Waals surface area (Å²) in [6.45, 7) is 1.07. The van der Waals surface area contributed by atoms with Gasteiger partial charge in [-0.2, -0.15) is 0 Å². The van der Waals surface area contributed by atoms with Gasteiger partial charge in [0.15, 0.2) is 6.26 Å². The van der Waals surface area contributed by atoms with E-state index < -0.39 is 5.76 Å². The van der Waals surface area contributed by atoms with E-state index in [-0.39, 0.29) is 5.88 Å². The Labute approximate surface area is 158 Å². The molecule has 1 N–H and O–H groups in total. The Hall–Kier alpha value is -2.95. The van der Waals surface area contributed by atoms with Crippen LogP contribution in [0.5, 0.6) is 11.6 Å². The molecule has 3 rings (SSSR count). The second kappa shape index (κ2) is 9.67. The first-order valence-electron chi connectivity index (χ1n) is 9.35. The van der Waals surface area contributed by atoms with Gasteiger partial charge < -0.3 is 14.3 Å². The van der Waals surface area contributed by atoms with Crippen molar-refractivity contribution in [2.24, 2.45) is 0 Å². The highest BCUT2D eigenvalue weighted by atomic mass is 16.5. The summed E-state index contributed by atoms with van der Waals surface area (Å²) in [6.07, 6.45) is 6.14. The summed E-state index contributed by atoms with van der Waals surface area (Å²) >= 11 is 0. The van der Waals surface area contributed by atoms with E-state index in [9.17, 15) is 9.90 Å². The number of nitrogens with zero attached hydrogens (tertiary/aromatic N) is 1. The van der Waals surface area contributed by atoms with Crippen molar-refractivity contribution >= 4 is 0 Å². The number of unbranched alkanes of at least 4 members (excludes halogenated alkanes) is 3. The number of rotatable bonds is 10. The van der Waals surface area contributed by atoms with Crippen LogP contribution in [-0.4, -0.2) is 9.67 Å². The van der Waals surface area contributed by atoms with Crippen LogP contribution in [0.2, 0.25) is 0 Å². The zero-order valence-corrected chi connectivity index (χ0v) is 15.3. The van der Waals surface area contributed by atoms with Gasteiger partial charge in [0, 0.05) is 6.54 Å². The average Bonchev–Trinajstić information content (AvgIpc) is 3.02. The quantitative estimate of drug-likeness (QED) is 0.535. The van der Waals surface area contributed by atoms with E-state index in [0.29, 0.717) is 13.2 Å². The molecule has 0 amide bonds. The lowest BCUT2D eigenvalue weighted by Crippen LogP contribution is -2.13. The van der Waals surface area contributed by atoms with Gasteiger partial charge in [-0.05, 0) is 42.5 Å². The topological polar surface area (TPSA) is 64.6 Å². The summed E-state index contributed by atoms with van der Waals surface area (Å²) < 4.78 is 11.7. The number of benzene rings is 2. The molecule has 27 heavy (non-hydrogen) atoms. The molecule has 0 aliphatic rings.